The molecule has 7 heteroatoms. The number of morpholine rings is 1. The highest BCUT2D eigenvalue weighted by atomic mass is 32.1. The number of aromatic nitrogens is 1. The second kappa shape index (κ2) is 8.77. The maximum Gasteiger partial charge on any atom is 0.315 e. The lowest BCUT2D eigenvalue weighted by Crippen LogP contribution is -2.45. The van der Waals surface area contributed by atoms with Gasteiger partial charge in [-0.1, -0.05) is 12.1 Å². The molecule has 0 saturated carbocycles. The van der Waals surface area contributed by atoms with Crippen molar-refractivity contribution in [1.29, 1.82) is 0 Å². The third-order valence-electron chi connectivity index (χ3n) is 3.97. The van der Waals surface area contributed by atoms with Crippen molar-refractivity contribution in [2.24, 2.45) is 0 Å². The van der Waals surface area contributed by atoms with Crippen LogP contribution in [-0.4, -0.2) is 48.8 Å². The first kappa shape index (κ1) is 16.9. The van der Waals surface area contributed by atoms with Crippen molar-refractivity contribution in [1.82, 2.24) is 20.5 Å². The van der Waals surface area contributed by atoms with E-state index in [1.54, 1.807) is 17.5 Å². The SMILES string of the molecule is O=C(NCc1ccccn1)NC[C@H](c1cccs1)N1CCOCC1. The van der Waals surface area contributed by atoms with Gasteiger partial charge in [0.05, 0.1) is 31.5 Å². The Balaban J connectivity index is 1.52. The molecule has 6 nitrogen and oxygen atoms in total. The van der Waals surface area contributed by atoms with Crippen molar-refractivity contribution in [3.63, 3.8) is 0 Å². The van der Waals surface area contributed by atoms with E-state index in [9.17, 15) is 4.79 Å². The average Bonchev–Trinajstić information content (AvgIpc) is 3.16. The van der Waals surface area contributed by atoms with Gasteiger partial charge in [0.15, 0.2) is 0 Å². The van der Waals surface area contributed by atoms with Gasteiger partial charge in [-0.2, -0.15) is 0 Å². The molecule has 0 aliphatic carbocycles. The lowest BCUT2D eigenvalue weighted by Gasteiger charge is -2.34. The predicted molar refractivity (Wildman–Crippen MR) is 93.9 cm³/mol. The molecular weight excluding hydrogens is 324 g/mol. The van der Waals surface area contributed by atoms with Gasteiger partial charge in [0.2, 0.25) is 0 Å². The first-order chi connectivity index (χ1) is 11.8. The van der Waals surface area contributed by atoms with E-state index in [0.717, 1.165) is 32.0 Å². The Morgan fingerprint density at radius 1 is 1.25 bits per heavy atom. The first-order valence-corrected chi connectivity index (χ1v) is 8.98. The molecule has 2 aromatic heterocycles. The van der Waals surface area contributed by atoms with Gasteiger partial charge in [-0.25, -0.2) is 4.79 Å². The third kappa shape index (κ3) is 4.77. The number of urea groups is 1. The minimum atomic E-state index is -0.171. The van der Waals surface area contributed by atoms with Crippen molar-refractivity contribution < 1.29 is 9.53 Å². The van der Waals surface area contributed by atoms with Crippen LogP contribution in [0.3, 0.4) is 0 Å². The topological polar surface area (TPSA) is 66.5 Å². The number of hydrogen-bond donors (Lipinski definition) is 2. The van der Waals surface area contributed by atoms with Gasteiger partial charge >= 0.3 is 6.03 Å². The highest BCUT2D eigenvalue weighted by Crippen LogP contribution is 2.25. The van der Waals surface area contributed by atoms with Crippen molar-refractivity contribution in [2.45, 2.75) is 12.6 Å². The molecule has 1 saturated heterocycles. The van der Waals surface area contributed by atoms with E-state index in [-0.39, 0.29) is 12.1 Å². The second-order valence-electron chi connectivity index (χ2n) is 5.56. The Morgan fingerprint density at radius 3 is 2.83 bits per heavy atom. The molecule has 3 heterocycles. The van der Waals surface area contributed by atoms with Gasteiger partial charge in [-0.3, -0.25) is 9.88 Å². The number of thiophene rings is 1. The summed E-state index contributed by atoms with van der Waals surface area (Å²) in [7, 11) is 0. The molecule has 2 aromatic rings. The number of nitrogens with zero attached hydrogens (tertiary/aromatic N) is 2. The number of rotatable bonds is 6. The normalized spacial score (nSPS) is 16.5. The largest absolute Gasteiger partial charge is 0.379 e. The lowest BCUT2D eigenvalue weighted by atomic mass is 10.2. The summed E-state index contributed by atoms with van der Waals surface area (Å²) < 4.78 is 5.44. The Hall–Kier alpha value is -1.96. The first-order valence-electron chi connectivity index (χ1n) is 8.10. The molecule has 24 heavy (non-hydrogen) atoms. The fourth-order valence-corrected chi connectivity index (χ4v) is 3.57. The van der Waals surface area contributed by atoms with E-state index in [1.807, 2.05) is 18.2 Å². The summed E-state index contributed by atoms with van der Waals surface area (Å²) in [5.41, 5.74) is 0.843. The van der Waals surface area contributed by atoms with Crippen LogP contribution in [0.2, 0.25) is 0 Å². The fraction of sp³-hybridized carbons (Fsp3) is 0.412. The summed E-state index contributed by atoms with van der Waals surface area (Å²) in [6.45, 7) is 4.27. The van der Waals surface area contributed by atoms with Gasteiger partial charge in [0, 0.05) is 30.7 Å². The Labute approximate surface area is 145 Å². The number of nitrogens with one attached hydrogen (secondary N) is 2. The summed E-state index contributed by atoms with van der Waals surface area (Å²) in [4.78, 5) is 19.9. The van der Waals surface area contributed by atoms with E-state index >= 15 is 0 Å². The van der Waals surface area contributed by atoms with Crippen molar-refractivity contribution >= 4 is 17.4 Å². The van der Waals surface area contributed by atoms with E-state index < -0.39 is 0 Å². The molecule has 1 aliphatic heterocycles. The number of ether oxygens (including phenoxy) is 1. The maximum absolute atomic E-state index is 12.1. The van der Waals surface area contributed by atoms with Crippen LogP contribution in [0.4, 0.5) is 4.79 Å². The van der Waals surface area contributed by atoms with Gasteiger partial charge in [-0.05, 0) is 23.6 Å². The van der Waals surface area contributed by atoms with Crippen molar-refractivity contribution in [3.8, 4) is 0 Å². The summed E-state index contributed by atoms with van der Waals surface area (Å²) in [6.07, 6.45) is 1.72. The number of amides is 2. The van der Waals surface area contributed by atoms with Gasteiger partial charge in [-0.15, -0.1) is 11.3 Å². The van der Waals surface area contributed by atoms with Crippen molar-refractivity contribution in [2.75, 3.05) is 32.8 Å². The van der Waals surface area contributed by atoms with Gasteiger partial charge < -0.3 is 15.4 Å². The van der Waals surface area contributed by atoms with Crippen LogP contribution in [0.15, 0.2) is 41.9 Å². The fourth-order valence-electron chi connectivity index (χ4n) is 2.71. The van der Waals surface area contributed by atoms with Crippen molar-refractivity contribution in [3.05, 3.63) is 52.5 Å². The van der Waals surface area contributed by atoms with E-state index in [4.69, 9.17) is 4.74 Å². The molecule has 1 atom stereocenters. The molecule has 0 unspecified atom stereocenters. The highest BCUT2D eigenvalue weighted by Gasteiger charge is 2.23. The van der Waals surface area contributed by atoms with Crippen LogP contribution in [0.5, 0.6) is 0 Å². The second-order valence-corrected chi connectivity index (χ2v) is 6.54. The third-order valence-corrected chi connectivity index (χ3v) is 4.94. The standard InChI is InChI=1S/C17H22N4O2S/c22-17(19-12-14-4-1-2-6-18-14)20-13-15(16-5-3-11-24-16)21-7-9-23-10-8-21/h1-6,11,15H,7-10,12-13H2,(H2,19,20,22)/t15-/m1/s1. The van der Waals surface area contributed by atoms with E-state index in [0.29, 0.717) is 13.1 Å². The quantitative estimate of drug-likeness (QED) is 0.840. The summed E-state index contributed by atoms with van der Waals surface area (Å²) in [5, 5.41) is 7.91. The van der Waals surface area contributed by atoms with Crippen LogP contribution in [0.25, 0.3) is 0 Å². The average molecular weight is 346 g/mol. The number of carbonyl (C=O) groups is 1. The molecule has 0 bridgehead atoms. The zero-order chi connectivity index (χ0) is 16.6. The van der Waals surface area contributed by atoms with Gasteiger partial charge in [0.25, 0.3) is 0 Å². The van der Waals surface area contributed by atoms with E-state index in [1.165, 1.54) is 4.88 Å². The minimum Gasteiger partial charge on any atom is -0.379 e. The molecule has 128 valence electrons. The molecular formula is C17H22N4O2S. The molecule has 0 radical (unpaired) electrons. The predicted octanol–water partition coefficient (Wildman–Crippen LogP) is 2.02. The maximum atomic E-state index is 12.1. The number of pyridine rings is 1. The summed E-state index contributed by atoms with van der Waals surface area (Å²) >= 11 is 1.72. The minimum absolute atomic E-state index is 0.171. The zero-order valence-electron chi connectivity index (χ0n) is 13.5. The van der Waals surface area contributed by atoms with Gasteiger partial charge in [0.1, 0.15) is 0 Å². The van der Waals surface area contributed by atoms with Crippen LogP contribution in [-0.2, 0) is 11.3 Å². The van der Waals surface area contributed by atoms with Crippen LogP contribution in [0.1, 0.15) is 16.6 Å². The Kier molecular flexibility index (Phi) is 6.17. The molecule has 0 aromatic carbocycles. The smallest absolute Gasteiger partial charge is 0.315 e. The summed E-state index contributed by atoms with van der Waals surface area (Å²) in [6, 6.07) is 9.85. The molecule has 3 rings (SSSR count). The molecule has 2 N–H and O–H groups in total. The molecule has 1 fully saturated rings. The highest BCUT2D eigenvalue weighted by molar-refractivity contribution is 7.10. The molecule has 2 amide bonds. The lowest BCUT2D eigenvalue weighted by molar-refractivity contribution is 0.0174. The number of carbonyl (C=O) groups excluding carboxylic acids is 1. The van der Waals surface area contributed by atoms with Crippen LogP contribution >= 0.6 is 11.3 Å². The van der Waals surface area contributed by atoms with Crippen LogP contribution < -0.4 is 10.6 Å². The monoisotopic (exact) mass is 346 g/mol. The summed E-state index contributed by atoms with van der Waals surface area (Å²) in [5.74, 6) is 0. The number of hydrogen-bond acceptors (Lipinski definition) is 5. The Bertz CT molecular complexity index is 615. The Morgan fingerprint density at radius 2 is 2.12 bits per heavy atom. The molecule has 0 spiro atoms. The van der Waals surface area contributed by atoms with Crippen LogP contribution in [0, 0.1) is 0 Å². The van der Waals surface area contributed by atoms with E-state index in [2.05, 4.69) is 38.0 Å². The zero-order valence-corrected chi connectivity index (χ0v) is 14.3. The molecule has 1 aliphatic rings.